The molecule has 0 fully saturated rings. The van der Waals surface area contributed by atoms with Gasteiger partial charge < -0.3 is 0 Å². The lowest BCUT2D eigenvalue weighted by Gasteiger charge is -1.90. The van der Waals surface area contributed by atoms with Gasteiger partial charge >= 0.3 is 0 Å². The summed E-state index contributed by atoms with van der Waals surface area (Å²) in [6.45, 7) is 2.09. The van der Waals surface area contributed by atoms with E-state index in [1.165, 1.54) is 5.82 Å². The third kappa shape index (κ3) is 8.55. The van der Waals surface area contributed by atoms with Gasteiger partial charge in [0.15, 0.2) is 0 Å². The molecule has 0 rings (SSSR count). The molecule has 0 atom stereocenters. The van der Waals surface area contributed by atoms with E-state index in [4.69, 9.17) is 22.5 Å². The molecule has 0 heterocycles. The summed E-state index contributed by atoms with van der Waals surface area (Å²) in [5.41, 5.74) is 0. The fourth-order valence-electron chi connectivity index (χ4n) is 0.519. The monoisotopic (exact) mass is 200 g/mol. The molecule has 0 aliphatic heterocycles. The van der Waals surface area contributed by atoms with Gasteiger partial charge in [-0.25, -0.2) is 0 Å². The van der Waals surface area contributed by atoms with Gasteiger partial charge in [-0.05, 0) is 34.7 Å². The quantitative estimate of drug-likeness (QED) is 0.487. The molecular formula is C6H11Cl2OP. The zero-order valence-electron chi connectivity index (χ0n) is 5.89. The average Bonchev–Trinajstić information content (AvgIpc) is 1.78. The molecule has 0 aliphatic rings. The molecule has 0 aromatic rings. The molecule has 0 aliphatic carbocycles. The van der Waals surface area contributed by atoms with Crippen molar-refractivity contribution in [2.75, 3.05) is 0 Å². The molecule has 0 aromatic heterocycles. The first-order valence-electron chi connectivity index (χ1n) is 3.23. The van der Waals surface area contributed by atoms with E-state index in [0.29, 0.717) is 0 Å². The van der Waals surface area contributed by atoms with Gasteiger partial charge in [-0.15, -0.1) is 0 Å². The second-order valence-electron chi connectivity index (χ2n) is 2.03. The van der Waals surface area contributed by atoms with Crippen molar-refractivity contribution in [1.29, 1.82) is 0 Å². The Hall–Kier alpha value is 0.550. The van der Waals surface area contributed by atoms with Crippen molar-refractivity contribution < 1.29 is 4.57 Å². The third-order valence-corrected chi connectivity index (χ3v) is 2.24. The summed E-state index contributed by atoms with van der Waals surface area (Å²) in [4.78, 5) is 0. The summed E-state index contributed by atoms with van der Waals surface area (Å²) in [6, 6.07) is 0. The Morgan fingerprint density at radius 2 is 2.10 bits per heavy atom. The minimum Gasteiger partial charge on any atom is -0.285 e. The number of hydrogen-bond donors (Lipinski definition) is 0. The van der Waals surface area contributed by atoms with Crippen LogP contribution in [-0.4, -0.2) is 0 Å². The van der Waals surface area contributed by atoms with E-state index >= 15 is 0 Å². The summed E-state index contributed by atoms with van der Waals surface area (Å²) >= 11 is 10.5. The molecule has 0 spiro atoms. The van der Waals surface area contributed by atoms with E-state index in [1.54, 1.807) is 6.08 Å². The maximum atomic E-state index is 10.6. The second-order valence-corrected chi connectivity index (χ2v) is 6.87. The predicted molar refractivity (Wildman–Crippen MR) is 48.0 cm³/mol. The van der Waals surface area contributed by atoms with Crippen molar-refractivity contribution in [1.82, 2.24) is 0 Å². The molecule has 0 bridgehead atoms. The minimum absolute atomic E-state index is 0.903. The summed E-state index contributed by atoms with van der Waals surface area (Å²) < 4.78 is 10.6. The van der Waals surface area contributed by atoms with E-state index in [2.05, 4.69) is 6.92 Å². The van der Waals surface area contributed by atoms with Crippen LogP contribution in [0.3, 0.4) is 0 Å². The average molecular weight is 201 g/mol. The van der Waals surface area contributed by atoms with Crippen LogP contribution < -0.4 is 0 Å². The normalized spacial score (nSPS) is 12.7. The van der Waals surface area contributed by atoms with Crippen LogP contribution in [-0.2, 0) is 4.57 Å². The second kappa shape index (κ2) is 5.23. The Bertz CT molecular complexity index is 150. The Balaban J connectivity index is 3.47. The Morgan fingerprint density at radius 3 is 2.50 bits per heavy atom. The Morgan fingerprint density at radius 1 is 1.50 bits per heavy atom. The standard InChI is InChI=1S/C6H11Cl2OP/c1-2-3-4-5-6-10(7,8)9/h5-6H,2-4H2,1H3. The van der Waals surface area contributed by atoms with Crippen molar-refractivity contribution in [3.63, 3.8) is 0 Å². The van der Waals surface area contributed by atoms with E-state index in [-0.39, 0.29) is 0 Å². The zero-order valence-corrected chi connectivity index (χ0v) is 8.29. The lowest BCUT2D eigenvalue weighted by atomic mass is 10.2. The van der Waals surface area contributed by atoms with Crippen molar-refractivity contribution in [2.24, 2.45) is 0 Å². The zero-order chi connectivity index (χ0) is 8.04. The molecule has 0 unspecified atom stereocenters. The van der Waals surface area contributed by atoms with Crippen LogP contribution in [0, 0.1) is 0 Å². The first kappa shape index (κ1) is 10.6. The van der Waals surface area contributed by atoms with Gasteiger partial charge in [0.25, 0.3) is 5.85 Å². The molecule has 1 nitrogen and oxygen atoms in total. The fraction of sp³-hybridized carbons (Fsp3) is 0.667. The summed E-state index contributed by atoms with van der Waals surface area (Å²) in [5, 5.41) is 0. The number of rotatable bonds is 4. The molecule has 0 N–H and O–H groups in total. The molecule has 0 amide bonds. The number of unbranched alkanes of at least 4 members (excludes halogenated alkanes) is 2. The first-order chi connectivity index (χ1) is 4.56. The van der Waals surface area contributed by atoms with Crippen molar-refractivity contribution in [3.05, 3.63) is 11.9 Å². The maximum Gasteiger partial charge on any atom is 0.274 e. The van der Waals surface area contributed by atoms with Crippen LogP contribution in [0.2, 0.25) is 0 Å². The van der Waals surface area contributed by atoms with E-state index in [1.807, 2.05) is 0 Å². The number of hydrogen-bond acceptors (Lipinski definition) is 1. The van der Waals surface area contributed by atoms with Crippen molar-refractivity contribution in [3.8, 4) is 0 Å². The van der Waals surface area contributed by atoms with Gasteiger partial charge in [-0.2, -0.15) is 0 Å². The van der Waals surface area contributed by atoms with Crippen LogP contribution in [0.4, 0.5) is 0 Å². The van der Waals surface area contributed by atoms with Gasteiger partial charge in [-0.3, -0.25) is 4.57 Å². The summed E-state index contributed by atoms with van der Waals surface area (Å²) in [5.74, 6) is -1.56. The van der Waals surface area contributed by atoms with E-state index in [9.17, 15) is 4.57 Å². The van der Waals surface area contributed by atoms with Crippen molar-refractivity contribution in [2.45, 2.75) is 26.2 Å². The highest BCUT2D eigenvalue weighted by molar-refractivity contribution is 8.10. The molecule has 0 saturated heterocycles. The molecule has 4 heteroatoms. The van der Waals surface area contributed by atoms with E-state index < -0.39 is 5.85 Å². The van der Waals surface area contributed by atoms with Gasteiger partial charge in [0.05, 0.1) is 0 Å². The van der Waals surface area contributed by atoms with Gasteiger partial charge in [-0.1, -0.05) is 25.8 Å². The molecule has 0 aromatic carbocycles. The lowest BCUT2D eigenvalue weighted by molar-refractivity contribution is 0.597. The minimum atomic E-state index is -2.94. The fourth-order valence-corrected chi connectivity index (χ4v) is 1.39. The largest absolute Gasteiger partial charge is 0.285 e. The third-order valence-electron chi connectivity index (χ3n) is 1.00. The predicted octanol–water partition coefficient (Wildman–Crippen LogP) is 4.36. The van der Waals surface area contributed by atoms with Crippen LogP contribution >= 0.6 is 28.3 Å². The molecule has 60 valence electrons. The van der Waals surface area contributed by atoms with Gasteiger partial charge in [0.2, 0.25) is 0 Å². The van der Waals surface area contributed by atoms with Crippen LogP contribution in [0.1, 0.15) is 26.2 Å². The first-order valence-corrected chi connectivity index (χ1v) is 6.81. The molecular weight excluding hydrogens is 190 g/mol. The van der Waals surface area contributed by atoms with Crippen LogP contribution in [0.5, 0.6) is 0 Å². The topological polar surface area (TPSA) is 17.1 Å². The Labute approximate surface area is 71.4 Å². The maximum absolute atomic E-state index is 10.6. The van der Waals surface area contributed by atoms with Gasteiger partial charge in [0, 0.05) is 0 Å². The smallest absolute Gasteiger partial charge is 0.274 e. The van der Waals surface area contributed by atoms with Crippen molar-refractivity contribution >= 4 is 28.3 Å². The molecule has 10 heavy (non-hydrogen) atoms. The van der Waals surface area contributed by atoms with E-state index in [0.717, 1.165) is 19.3 Å². The Kier molecular flexibility index (Phi) is 5.52. The van der Waals surface area contributed by atoms with Crippen LogP contribution in [0.25, 0.3) is 0 Å². The highest BCUT2D eigenvalue weighted by atomic mass is 35.9. The summed E-state index contributed by atoms with van der Waals surface area (Å²) in [7, 11) is 0. The SMILES string of the molecule is CCCCC=CP(=O)(Cl)Cl. The van der Waals surface area contributed by atoms with Crippen LogP contribution in [0.15, 0.2) is 11.9 Å². The number of allylic oxidation sites excluding steroid dienone is 1. The number of halogens is 2. The molecule has 0 saturated carbocycles. The highest BCUT2D eigenvalue weighted by Crippen LogP contribution is 2.58. The highest BCUT2D eigenvalue weighted by Gasteiger charge is 2.05. The summed E-state index contributed by atoms with van der Waals surface area (Å²) in [6.07, 6.45) is 4.88. The molecule has 0 radical (unpaired) electrons. The van der Waals surface area contributed by atoms with Gasteiger partial charge in [0.1, 0.15) is 0 Å². The lowest BCUT2D eigenvalue weighted by Crippen LogP contribution is -1.64.